The van der Waals surface area contributed by atoms with Gasteiger partial charge in [0.1, 0.15) is 23.0 Å². The van der Waals surface area contributed by atoms with Gasteiger partial charge in [0.05, 0.1) is 0 Å². The summed E-state index contributed by atoms with van der Waals surface area (Å²) in [4.78, 5) is 5.13. The fourth-order valence-corrected chi connectivity index (χ4v) is 13.9. The molecule has 2 aliphatic carbocycles. The maximum absolute atomic E-state index is 7.61. The van der Waals surface area contributed by atoms with Crippen LogP contribution < -0.4 is 52.1 Å². The van der Waals surface area contributed by atoms with Gasteiger partial charge in [-0.25, -0.2) is 0 Å². The van der Waals surface area contributed by atoms with Gasteiger partial charge < -0.3 is 19.3 Å². The summed E-state index contributed by atoms with van der Waals surface area (Å²) < 4.78 is 15.2. The molecule has 0 aromatic heterocycles. The number of hydrogen-bond acceptors (Lipinski definition) is 4. The molecule has 7 aromatic carbocycles. The van der Waals surface area contributed by atoms with Crippen LogP contribution in [0.15, 0.2) is 121 Å². The van der Waals surface area contributed by atoms with Crippen LogP contribution in [0.1, 0.15) is 156 Å². The van der Waals surface area contributed by atoms with E-state index in [2.05, 4.69) is 228 Å². The quantitative estimate of drug-likeness (QED) is 0.161. The van der Waals surface area contributed by atoms with Gasteiger partial charge in [-0.2, -0.15) is 0 Å². The smallest absolute Gasteiger partial charge is 0.256 e. The zero-order valence-electron chi connectivity index (χ0n) is 45.2. The molecule has 0 saturated carbocycles. The third-order valence-corrected chi connectivity index (χ3v) is 18.3. The number of para-hydroxylation sites is 2. The Labute approximate surface area is 430 Å². The zero-order valence-corrected chi connectivity index (χ0v) is 45.2. The van der Waals surface area contributed by atoms with Crippen LogP contribution in [0.5, 0.6) is 23.0 Å². The molecule has 72 heavy (non-hydrogen) atoms. The molecule has 0 N–H and O–H groups in total. The highest BCUT2D eigenvalue weighted by atomic mass is 16.5. The van der Waals surface area contributed by atoms with Gasteiger partial charge in [0.25, 0.3) is 13.4 Å². The highest BCUT2D eigenvalue weighted by Gasteiger charge is 2.51. The molecule has 4 heterocycles. The fourth-order valence-electron chi connectivity index (χ4n) is 13.9. The molecule has 0 bridgehead atoms. The Bertz CT molecular complexity index is 3240. The molecular formula is C66H70B2N2O2. The van der Waals surface area contributed by atoms with Crippen molar-refractivity contribution in [2.24, 2.45) is 0 Å². The second-order valence-electron chi connectivity index (χ2n) is 27.0. The summed E-state index contributed by atoms with van der Waals surface area (Å²) in [5.41, 5.74) is 22.5. The van der Waals surface area contributed by atoms with Gasteiger partial charge in [-0.1, -0.05) is 164 Å². The molecule has 4 aliphatic heterocycles. The highest BCUT2D eigenvalue weighted by molar-refractivity contribution is 7.02. The molecule has 362 valence electrons. The van der Waals surface area contributed by atoms with E-state index in [-0.39, 0.29) is 45.9 Å². The Hall–Kier alpha value is -6.13. The Morgan fingerprint density at radius 3 is 1.15 bits per heavy atom. The molecule has 4 nitrogen and oxygen atoms in total. The largest absolute Gasteiger partial charge is 0.458 e. The lowest BCUT2D eigenvalue weighted by Crippen LogP contribution is -2.64. The predicted octanol–water partition coefficient (Wildman–Crippen LogP) is 13.8. The number of fused-ring (bicyclic) bond motifs is 12. The number of hydrogen-bond donors (Lipinski definition) is 0. The second kappa shape index (κ2) is 14.8. The van der Waals surface area contributed by atoms with Crippen LogP contribution in [0.4, 0.5) is 34.1 Å². The zero-order chi connectivity index (χ0) is 50.4. The molecule has 0 atom stereocenters. The summed E-state index contributed by atoms with van der Waals surface area (Å²) in [6.07, 6.45) is 4.51. The minimum Gasteiger partial charge on any atom is -0.458 e. The van der Waals surface area contributed by atoms with Crippen molar-refractivity contribution < 1.29 is 9.47 Å². The fraction of sp³-hybridized carbons (Fsp3) is 0.364. The summed E-state index contributed by atoms with van der Waals surface area (Å²) >= 11 is 0. The van der Waals surface area contributed by atoms with Crippen molar-refractivity contribution >= 4 is 80.3 Å². The molecular weight excluding hydrogens is 874 g/mol. The van der Waals surface area contributed by atoms with E-state index in [4.69, 9.17) is 9.47 Å². The first kappa shape index (κ1) is 45.7. The Kier molecular flexibility index (Phi) is 9.37. The van der Waals surface area contributed by atoms with Crippen molar-refractivity contribution in [1.29, 1.82) is 0 Å². The molecule has 0 saturated heterocycles. The topological polar surface area (TPSA) is 24.9 Å². The van der Waals surface area contributed by atoms with E-state index in [1.807, 2.05) is 0 Å². The molecule has 6 aliphatic rings. The summed E-state index contributed by atoms with van der Waals surface area (Å²) in [6, 6.07) is 47.0. The van der Waals surface area contributed by atoms with E-state index in [0.29, 0.717) is 0 Å². The van der Waals surface area contributed by atoms with Crippen LogP contribution >= 0.6 is 0 Å². The van der Waals surface area contributed by atoms with E-state index in [9.17, 15) is 0 Å². The summed E-state index contributed by atoms with van der Waals surface area (Å²) in [7, 11) is 0. The van der Waals surface area contributed by atoms with Gasteiger partial charge in [0, 0.05) is 45.3 Å². The van der Waals surface area contributed by atoms with Crippen molar-refractivity contribution in [3.8, 4) is 23.0 Å². The summed E-state index contributed by atoms with van der Waals surface area (Å²) in [6.45, 7) is 33.4. The van der Waals surface area contributed by atoms with Crippen LogP contribution in [-0.4, -0.2) is 13.4 Å². The van der Waals surface area contributed by atoms with Gasteiger partial charge in [0.15, 0.2) is 0 Å². The van der Waals surface area contributed by atoms with Gasteiger partial charge in [-0.05, 0) is 168 Å². The lowest BCUT2D eigenvalue weighted by atomic mass is 9.30. The minimum atomic E-state index is -0.129. The average Bonchev–Trinajstić information content (AvgIpc) is 3.33. The lowest BCUT2D eigenvalue weighted by Gasteiger charge is -2.47. The Morgan fingerprint density at radius 1 is 0.403 bits per heavy atom. The molecule has 0 amide bonds. The number of benzene rings is 7. The summed E-state index contributed by atoms with van der Waals surface area (Å²) in [5.74, 6) is 4.09. The van der Waals surface area contributed by atoms with E-state index < -0.39 is 0 Å². The molecule has 0 fully saturated rings. The molecule has 7 aromatic rings. The molecule has 0 radical (unpaired) electrons. The standard InChI is InChI=1S/C66H70B2N2O2/c1-61(2,3)39-33-51-57-53(35-39)71-59-45(27-25-43-55(59)65(11,12)31-29-63(43,7)8)67(57)47-37-48-50(38-49(47)69(51)41-21-17-15-18-22-41)70(42-23-19-16-20-24-42)52-34-40(62(4,5)6)36-54-58(52)68(48)46-28-26-44-56(60(46)72-54)66(13,14)32-30-64(44,9)10/h15-28,33-38H,29-32H2,1-14H3. The third-order valence-electron chi connectivity index (χ3n) is 18.3. The Balaban J connectivity index is 1.18. The van der Waals surface area contributed by atoms with Gasteiger partial charge in [0.2, 0.25) is 0 Å². The van der Waals surface area contributed by atoms with Crippen molar-refractivity contribution in [3.05, 3.63) is 155 Å². The first-order valence-corrected chi connectivity index (χ1v) is 26.9. The van der Waals surface area contributed by atoms with E-state index in [1.54, 1.807) is 0 Å². The van der Waals surface area contributed by atoms with Gasteiger partial charge in [-0.3, -0.25) is 0 Å². The van der Waals surface area contributed by atoms with Gasteiger partial charge in [-0.15, -0.1) is 0 Å². The highest BCUT2D eigenvalue weighted by Crippen LogP contribution is 2.55. The number of rotatable bonds is 2. The lowest BCUT2D eigenvalue weighted by molar-refractivity contribution is 0.320. The van der Waals surface area contributed by atoms with Crippen LogP contribution in [0, 0.1) is 0 Å². The van der Waals surface area contributed by atoms with Crippen molar-refractivity contribution in [1.82, 2.24) is 0 Å². The van der Waals surface area contributed by atoms with Gasteiger partial charge >= 0.3 is 0 Å². The van der Waals surface area contributed by atoms with Crippen LogP contribution in [0.2, 0.25) is 0 Å². The second-order valence-corrected chi connectivity index (χ2v) is 27.0. The third kappa shape index (κ3) is 6.45. The van der Waals surface area contributed by atoms with E-state index in [0.717, 1.165) is 60.1 Å². The van der Waals surface area contributed by atoms with Crippen LogP contribution in [0.3, 0.4) is 0 Å². The van der Waals surface area contributed by atoms with E-state index in [1.165, 1.54) is 88.9 Å². The maximum Gasteiger partial charge on any atom is 0.256 e. The first-order valence-electron chi connectivity index (χ1n) is 26.9. The normalized spacial score (nSPS) is 18.8. The average molecular weight is 945 g/mol. The predicted molar refractivity (Wildman–Crippen MR) is 306 cm³/mol. The molecule has 13 rings (SSSR count). The van der Waals surface area contributed by atoms with Crippen LogP contribution in [0.25, 0.3) is 0 Å². The van der Waals surface area contributed by atoms with E-state index >= 15 is 0 Å². The summed E-state index contributed by atoms with van der Waals surface area (Å²) in [5, 5.41) is 0. The number of anilines is 6. The molecule has 0 spiro atoms. The maximum atomic E-state index is 7.61. The first-order chi connectivity index (χ1) is 33.9. The van der Waals surface area contributed by atoms with Crippen molar-refractivity contribution in [2.75, 3.05) is 9.80 Å². The van der Waals surface area contributed by atoms with Crippen LogP contribution in [-0.2, 0) is 32.5 Å². The monoisotopic (exact) mass is 945 g/mol. The SMILES string of the molecule is CC(C)(C)c1cc2c3c(c1)N(c1ccccc1)c1cc4c(cc1B3c1ccc3c(c1O2)C(C)(C)CCC3(C)C)B1c2ccc3c(c2Oc2cc(C(C)(C)C)cc(c21)N4c1ccccc1)C(C)(C)CCC3(C)C. The molecule has 0 unspecified atom stereocenters. The van der Waals surface area contributed by atoms with Crippen molar-refractivity contribution in [3.63, 3.8) is 0 Å². The number of nitrogens with zero attached hydrogens (tertiary/aromatic N) is 2. The Morgan fingerprint density at radius 2 is 0.778 bits per heavy atom. The molecule has 6 heteroatoms. The number of ether oxygens (including phenoxy) is 2. The van der Waals surface area contributed by atoms with Crippen molar-refractivity contribution in [2.45, 2.75) is 155 Å². The minimum absolute atomic E-state index is 0.0356.